The van der Waals surface area contributed by atoms with E-state index < -0.39 is 0 Å². The fraction of sp³-hybridized carbons (Fsp3) is 0.300. The zero-order valence-electron chi connectivity index (χ0n) is 7.21. The summed E-state index contributed by atoms with van der Waals surface area (Å²) in [5.74, 6) is 0. The molecule has 0 aliphatic rings. The summed E-state index contributed by atoms with van der Waals surface area (Å²) in [6, 6.07) is 8.02. The van der Waals surface area contributed by atoms with Crippen LogP contribution in [0.3, 0.4) is 0 Å². The fourth-order valence-electron chi connectivity index (χ4n) is 1.20. The molecule has 0 aromatic heterocycles. The number of carbonyl (C=O) groups is 1. The number of aldehydes is 1. The second-order valence-electron chi connectivity index (χ2n) is 2.61. The van der Waals surface area contributed by atoms with Gasteiger partial charge in [0.25, 0.3) is 0 Å². The van der Waals surface area contributed by atoms with Crippen LogP contribution in [0.15, 0.2) is 24.3 Å². The third-order valence-electron chi connectivity index (χ3n) is 1.82. The number of nitrogens with one attached hydrogen (secondary N) is 1. The van der Waals surface area contributed by atoms with Crippen molar-refractivity contribution in [2.24, 2.45) is 0 Å². The van der Waals surface area contributed by atoms with E-state index in [-0.39, 0.29) is 0 Å². The topological polar surface area (TPSA) is 29.1 Å². The summed E-state index contributed by atoms with van der Waals surface area (Å²) < 4.78 is 0. The van der Waals surface area contributed by atoms with Crippen LogP contribution in [0.1, 0.15) is 12.0 Å². The maximum atomic E-state index is 10.2. The average molecular weight is 163 g/mol. The van der Waals surface area contributed by atoms with Crippen molar-refractivity contribution in [3.8, 4) is 0 Å². The molecule has 0 aliphatic carbocycles. The monoisotopic (exact) mass is 163 g/mol. The van der Waals surface area contributed by atoms with Crippen LogP contribution in [0.2, 0.25) is 0 Å². The summed E-state index contributed by atoms with van der Waals surface area (Å²) in [6.45, 7) is 0. The lowest BCUT2D eigenvalue weighted by molar-refractivity contribution is -0.107. The Balaban J connectivity index is 2.74. The minimum absolute atomic E-state index is 0.596. The van der Waals surface area contributed by atoms with Gasteiger partial charge in [-0.3, -0.25) is 0 Å². The number of hydrogen-bond donors (Lipinski definition) is 1. The van der Waals surface area contributed by atoms with E-state index in [1.54, 1.807) is 0 Å². The van der Waals surface area contributed by atoms with Crippen LogP contribution < -0.4 is 5.32 Å². The van der Waals surface area contributed by atoms with Gasteiger partial charge in [0.1, 0.15) is 6.29 Å². The maximum absolute atomic E-state index is 10.2. The summed E-state index contributed by atoms with van der Waals surface area (Å²) in [4.78, 5) is 10.2. The Kier molecular flexibility index (Phi) is 3.33. The molecule has 0 amide bonds. The lowest BCUT2D eigenvalue weighted by Crippen LogP contribution is -1.95. The number of para-hydroxylation sites is 1. The quantitative estimate of drug-likeness (QED) is 0.686. The maximum Gasteiger partial charge on any atom is 0.120 e. The first-order valence-electron chi connectivity index (χ1n) is 4.07. The second kappa shape index (κ2) is 4.54. The average Bonchev–Trinajstić information content (AvgIpc) is 2.15. The highest BCUT2D eigenvalue weighted by Gasteiger charge is 1.97. The zero-order chi connectivity index (χ0) is 8.81. The molecule has 1 aromatic carbocycles. The predicted octanol–water partition coefficient (Wildman–Crippen LogP) is 1.86. The van der Waals surface area contributed by atoms with Crippen molar-refractivity contribution >= 4 is 12.0 Å². The van der Waals surface area contributed by atoms with Crippen molar-refractivity contribution in [3.63, 3.8) is 0 Å². The van der Waals surface area contributed by atoms with E-state index in [2.05, 4.69) is 5.32 Å². The Labute approximate surface area is 72.6 Å². The molecule has 2 nitrogen and oxygen atoms in total. The first-order valence-corrected chi connectivity index (χ1v) is 4.07. The molecule has 1 N–H and O–H groups in total. The highest BCUT2D eigenvalue weighted by molar-refractivity contribution is 5.54. The molecule has 0 spiro atoms. The van der Waals surface area contributed by atoms with Gasteiger partial charge in [0, 0.05) is 19.2 Å². The largest absolute Gasteiger partial charge is 0.388 e. The number of carbonyl (C=O) groups excluding carboxylic acids is 1. The van der Waals surface area contributed by atoms with E-state index >= 15 is 0 Å². The molecule has 0 saturated heterocycles. The lowest BCUT2D eigenvalue weighted by atomic mass is 10.1. The van der Waals surface area contributed by atoms with Crippen molar-refractivity contribution < 1.29 is 4.79 Å². The van der Waals surface area contributed by atoms with Crippen molar-refractivity contribution in [2.45, 2.75) is 12.8 Å². The summed E-state index contributed by atoms with van der Waals surface area (Å²) >= 11 is 0. The molecule has 0 saturated carbocycles. The standard InChI is InChI=1S/C10H13NO/c1-11-10-7-3-2-5-9(10)6-4-8-12/h2-3,5,7-8,11H,4,6H2,1H3. The van der Waals surface area contributed by atoms with E-state index in [0.29, 0.717) is 6.42 Å². The van der Waals surface area contributed by atoms with Gasteiger partial charge in [-0.05, 0) is 18.1 Å². The number of anilines is 1. The first kappa shape index (κ1) is 8.78. The van der Waals surface area contributed by atoms with Crippen molar-refractivity contribution in [3.05, 3.63) is 29.8 Å². The normalized spacial score (nSPS) is 9.42. The highest BCUT2D eigenvalue weighted by Crippen LogP contribution is 2.15. The van der Waals surface area contributed by atoms with Crippen LogP contribution in [0.25, 0.3) is 0 Å². The molecule has 0 bridgehead atoms. The van der Waals surface area contributed by atoms with E-state index in [4.69, 9.17) is 0 Å². The van der Waals surface area contributed by atoms with Crippen molar-refractivity contribution in [2.75, 3.05) is 12.4 Å². The SMILES string of the molecule is CNc1ccccc1CCC=O. The minimum atomic E-state index is 0.596. The van der Waals surface area contributed by atoms with Gasteiger partial charge in [0.15, 0.2) is 0 Å². The van der Waals surface area contributed by atoms with Crippen LogP contribution >= 0.6 is 0 Å². The molecule has 0 unspecified atom stereocenters. The Morgan fingerprint density at radius 2 is 2.17 bits per heavy atom. The Hall–Kier alpha value is -1.31. The van der Waals surface area contributed by atoms with E-state index in [9.17, 15) is 4.79 Å². The van der Waals surface area contributed by atoms with E-state index in [1.165, 1.54) is 5.56 Å². The van der Waals surface area contributed by atoms with E-state index in [0.717, 1.165) is 18.4 Å². The first-order chi connectivity index (χ1) is 5.88. The number of rotatable bonds is 4. The number of benzene rings is 1. The van der Waals surface area contributed by atoms with Gasteiger partial charge in [0.05, 0.1) is 0 Å². The van der Waals surface area contributed by atoms with Gasteiger partial charge in [-0.2, -0.15) is 0 Å². The molecule has 2 heteroatoms. The Morgan fingerprint density at radius 3 is 2.83 bits per heavy atom. The summed E-state index contributed by atoms with van der Waals surface area (Å²) in [6.07, 6.45) is 2.37. The molecule has 1 aromatic rings. The third-order valence-corrected chi connectivity index (χ3v) is 1.82. The predicted molar refractivity (Wildman–Crippen MR) is 50.4 cm³/mol. The second-order valence-corrected chi connectivity index (χ2v) is 2.61. The summed E-state index contributed by atoms with van der Waals surface area (Å²) in [5.41, 5.74) is 2.31. The molecule has 0 heterocycles. The van der Waals surface area contributed by atoms with Gasteiger partial charge < -0.3 is 10.1 Å². The number of hydrogen-bond acceptors (Lipinski definition) is 2. The van der Waals surface area contributed by atoms with Crippen LogP contribution in [-0.4, -0.2) is 13.3 Å². The Morgan fingerprint density at radius 1 is 1.42 bits per heavy atom. The molecule has 12 heavy (non-hydrogen) atoms. The third kappa shape index (κ3) is 2.09. The van der Waals surface area contributed by atoms with Crippen LogP contribution in [-0.2, 0) is 11.2 Å². The Bertz CT molecular complexity index is 258. The van der Waals surface area contributed by atoms with Crippen LogP contribution in [0.5, 0.6) is 0 Å². The molecule has 0 atom stereocenters. The molecule has 0 fully saturated rings. The van der Waals surface area contributed by atoms with Gasteiger partial charge in [-0.25, -0.2) is 0 Å². The van der Waals surface area contributed by atoms with Crippen LogP contribution in [0, 0.1) is 0 Å². The fourth-order valence-corrected chi connectivity index (χ4v) is 1.20. The highest BCUT2D eigenvalue weighted by atomic mass is 16.1. The minimum Gasteiger partial charge on any atom is -0.388 e. The van der Waals surface area contributed by atoms with Gasteiger partial charge in [0.2, 0.25) is 0 Å². The van der Waals surface area contributed by atoms with Crippen LogP contribution in [0.4, 0.5) is 5.69 Å². The lowest BCUT2D eigenvalue weighted by Gasteiger charge is -2.06. The number of aryl methyl sites for hydroxylation is 1. The molecule has 1 rings (SSSR count). The van der Waals surface area contributed by atoms with Gasteiger partial charge in [-0.1, -0.05) is 18.2 Å². The summed E-state index contributed by atoms with van der Waals surface area (Å²) in [5, 5.41) is 3.09. The molecular weight excluding hydrogens is 150 g/mol. The van der Waals surface area contributed by atoms with Gasteiger partial charge >= 0.3 is 0 Å². The smallest absolute Gasteiger partial charge is 0.120 e. The zero-order valence-corrected chi connectivity index (χ0v) is 7.21. The van der Waals surface area contributed by atoms with Gasteiger partial charge in [-0.15, -0.1) is 0 Å². The molecular formula is C10H13NO. The summed E-state index contributed by atoms with van der Waals surface area (Å²) in [7, 11) is 1.89. The van der Waals surface area contributed by atoms with Crippen molar-refractivity contribution in [1.82, 2.24) is 0 Å². The van der Waals surface area contributed by atoms with Crippen molar-refractivity contribution in [1.29, 1.82) is 0 Å². The molecule has 64 valence electrons. The molecule has 0 radical (unpaired) electrons. The molecule has 0 aliphatic heterocycles. The van der Waals surface area contributed by atoms with E-state index in [1.807, 2.05) is 31.3 Å².